The van der Waals surface area contributed by atoms with Crippen molar-refractivity contribution in [2.75, 3.05) is 40.7 Å². The molecule has 2 heterocycles. The molecule has 5 rings (SSSR count). The molecule has 196 valence electrons. The topological polar surface area (TPSA) is 103 Å². The molecule has 0 unspecified atom stereocenters. The van der Waals surface area contributed by atoms with E-state index >= 15 is 0 Å². The Bertz CT molecular complexity index is 1640. The predicted molar refractivity (Wildman–Crippen MR) is 151 cm³/mol. The number of benzene rings is 3. The Labute approximate surface area is 222 Å². The lowest BCUT2D eigenvalue weighted by Gasteiger charge is -2.37. The molecule has 0 atom stereocenters. The number of aryl methyl sites for hydroxylation is 2. The van der Waals surface area contributed by atoms with Gasteiger partial charge in [0.15, 0.2) is 0 Å². The molecule has 0 amide bonds. The highest BCUT2D eigenvalue weighted by molar-refractivity contribution is 7.92. The highest BCUT2D eigenvalue weighted by atomic mass is 32.2. The first-order valence-corrected chi connectivity index (χ1v) is 13.9. The van der Waals surface area contributed by atoms with E-state index in [1.165, 1.54) is 28.9 Å². The number of piperazine rings is 1. The summed E-state index contributed by atoms with van der Waals surface area (Å²) in [5.41, 5.74) is 5.43. The first kappa shape index (κ1) is 25.5. The summed E-state index contributed by atoms with van der Waals surface area (Å²) in [5.74, 6) is -0.491. The quantitative estimate of drug-likeness (QED) is 0.362. The van der Waals surface area contributed by atoms with E-state index in [0.29, 0.717) is 29.8 Å². The minimum absolute atomic E-state index is 0.0820. The van der Waals surface area contributed by atoms with E-state index in [0.717, 1.165) is 18.7 Å². The Morgan fingerprint density at radius 2 is 1.61 bits per heavy atom. The molecule has 1 aromatic heterocycles. The average Bonchev–Trinajstić information content (AvgIpc) is 2.89. The number of carbonyl (C=O) groups is 1. The maximum absolute atomic E-state index is 12.9. The van der Waals surface area contributed by atoms with Crippen molar-refractivity contribution in [3.63, 3.8) is 0 Å². The van der Waals surface area contributed by atoms with Crippen LogP contribution in [0.1, 0.15) is 27.0 Å². The van der Waals surface area contributed by atoms with Crippen LogP contribution < -0.4 is 14.5 Å². The molecular formula is C29H30N4O4S. The van der Waals surface area contributed by atoms with Gasteiger partial charge >= 0.3 is 5.97 Å². The number of hydrogen-bond donors (Lipinski definition) is 2. The molecule has 0 radical (unpaired) electrons. The van der Waals surface area contributed by atoms with E-state index in [4.69, 9.17) is 4.98 Å². The number of carboxylic acids is 1. The minimum Gasteiger partial charge on any atom is -0.478 e. The standard InChI is InChI=1S/C29H30N4O4S/c1-19-6-4-8-23(16-19)38(36,37)31-22-10-11-26-24(17-22)25(29(34)35)18-28(30-26)33-14-12-32(13-15-33)27-9-5-7-20(2)21(27)3/h4-11,16-18,31H,12-15H2,1-3H3,(H,34,35). The first-order valence-electron chi connectivity index (χ1n) is 12.5. The van der Waals surface area contributed by atoms with Crippen LogP contribution in [0, 0.1) is 20.8 Å². The zero-order valence-electron chi connectivity index (χ0n) is 21.6. The van der Waals surface area contributed by atoms with Gasteiger partial charge in [0.1, 0.15) is 5.82 Å². The van der Waals surface area contributed by atoms with E-state index in [2.05, 4.69) is 46.6 Å². The number of anilines is 3. The molecule has 0 aliphatic carbocycles. The molecule has 4 aromatic rings. The van der Waals surface area contributed by atoms with Gasteiger partial charge in [-0.25, -0.2) is 18.2 Å². The lowest BCUT2D eigenvalue weighted by atomic mass is 10.1. The van der Waals surface area contributed by atoms with Crippen molar-refractivity contribution in [3.05, 3.63) is 89.0 Å². The second-order valence-electron chi connectivity index (χ2n) is 9.68. The van der Waals surface area contributed by atoms with Crippen molar-refractivity contribution in [1.29, 1.82) is 0 Å². The van der Waals surface area contributed by atoms with Gasteiger partial charge in [-0.15, -0.1) is 0 Å². The highest BCUT2D eigenvalue weighted by Gasteiger charge is 2.23. The molecule has 1 aliphatic heterocycles. The summed E-state index contributed by atoms with van der Waals surface area (Å²) in [7, 11) is -3.83. The Morgan fingerprint density at radius 3 is 2.32 bits per heavy atom. The molecule has 3 aromatic carbocycles. The summed E-state index contributed by atoms with van der Waals surface area (Å²) in [6.07, 6.45) is 0. The summed E-state index contributed by atoms with van der Waals surface area (Å²) < 4.78 is 28.3. The number of pyridine rings is 1. The molecule has 1 saturated heterocycles. The number of aromatic carboxylic acids is 1. The summed E-state index contributed by atoms with van der Waals surface area (Å²) in [4.78, 5) is 21.6. The minimum atomic E-state index is -3.83. The highest BCUT2D eigenvalue weighted by Crippen LogP contribution is 2.29. The largest absolute Gasteiger partial charge is 0.478 e. The number of hydrogen-bond acceptors (Lipinski definition) is 6. The predicted octanol–water partition coefficient (Wildman–Crippen LogP) is 4.99. The second-order valence-corrected chi connectivity index (χ2v) is 11.4. The van der Waals surface area contributed by atoms with Crippen LogP contribution in [0.2, 0.25) is 0 Å². The lowest BCUT2D eigenvalue weighted by molar-refractivity contribution is 0.0699. The van der Waals surface area contributed by atoms with Crippen LogP contribution in [0.5, 0.6) is 0 Å². The fourth-order valence-corrected chi connectivity index (χ4v) is 6.02. The van der Waals surface area contributed by atoms with E-state index < -0.39 is 16.0 Å². The van der Waals surface area contributed by atoms with E-state index in [1.54, 1.807) is 30.3 Å². The molecule has 2 N–H and O–H groups in total. The van der Waals surface area contributed by atoms with E-state index in [1.807, 2.05) is 13.0 Å². The third-order valence-corrected chi connectivity index (χ3v) is 8.48. The van der Waals surface area contributed by atoms with Crippen molar-refractivity contribution in [3.8, 4) is 0 Å². The molecule has 1 aliphatic rings. The van der Waals surface area contributed by atoms with E-state index in [9.17, 15) is 18.3 Å². The number of nitrogens with one attached hydrogen (secondary N) is 1. The number of sulfonamides is 1. The molecule has 0 bridgehead atoms. The third kappa shape index (κ3) is 5.02. The number of rotatable bonds is 6. The van der Waals surface area contributed by atoms with Gasteiger partial charge < -0.3 is 14.9 Å². The number of fused-ring (bicyclic) bond motifs is 1. The molecule has 1 fully saturated rings. The third-order valence-electron chi connectivity index (χ3n) is 7.10. The van der Waals surface area contributed by atoms with Crippen molar-refractivity contribution < 1.29 is 18.3 Å². The molecule has 0 saturated carbocycles. The number of nitrogens with zero attached hydrogens (tertiary/aromatic N) is 3. The van der Waals surface area contributed by atoms with Crippen LogP contribution in [0.25, 0.3) is 10.9 Å². The van der Waals surface area contributed by atoms with Crippen LogP contribution in [0.15, 0.2) is 71.6 Å². The fourth-order valence-electron chi connectivity index (χ4n) is 4.87. The lowest BCUT2D eigenvalue weighted by Crippen LogP contribution is -2.47. The molecule has 38 heavy (non-hydrogen) atoms. The number of carboxylic acid groups (broad SMARTS) is 1. The van der Waals surface area contributed by atoms with E-state index in [-0.39, 0.29) is 16.1 Å². The Balaban J connectivity index is 1.41. The zero-order chi connectivity index (χ0) is 27.0. The molecule has 8 nitrogen and oxygen atoms in total. The first-order chi connectivity index (χ1) is 18.1. The second kappa shape index (κ2) is 9.98. The monoisotopic (exact) mass is 530 g/mol. The number of aromatic nitrogens is 1. The van der Waals surface area contributed by atoms with Gasteiger partial charge in [0, 0.05) is 42.9 Å². The zero-order valence-corrected chi connectivity index (χ0v) is 22.4. The summed E-state index contributed by atoms with van der Waals surface area (Å²) >= 11 is 0. The van der Waals surface area contributed by atoms with Crippen LogP contribution in [0.3, 0.4) is 0 Å². The van der Waals surface area contributed by atoms with Crippen LogP contribution in [-0.4, -0.2) is 50.7 Å². The maximum Gasteiger partial charge on any atom is 0.336 e. The summed E-state index contributed by atoms with van der Waals surface area (Å²) in [6.45, 7) is 9.08. The van der Waals surface area contributed by atoms with Crippen molar-refractivity contribution in [2.45, 2.75) is 25.7 Å². The van der Waals surface area contributed by atoms with Gasteiger partial charge in [-0.05, 0) is 79.9 Å². The van der Waals surface area contributed by atoms with Crippen molar-refractivity contribution in [2.24, 2.45) is 0 Å². The molecule has 0 spiro atoms. The van der Waals surface area contributed by atoms with Crippen LogP contribution >= 0.6 is 0 Å². The van der Waals surface area contributed by atoms with Gasteiger partial charge in [-0.1, -0.05) is 24.3 Å². The smallest absolute Gasteiger partial charge is 0.336 e. The molecular weight excluding hydrogens is 500 g/mol. The van der Waals surface area contributed by atoms with Gasteiger partial charge in [-0.2, -0.15) is 0 Å². The van der Waals surface area contributed by atoms with Gasteiger partial charge in [0.05, 0.1) is 16.0 Å². The van der Waals surface area contributed by atoms with Gasteiger partial charge in [0.2, 0.25) is 0 Å². The van der Waals surface area contributed by atoms with Gasteiger partial charge in [0.25, 0.3) is 10.0 Å². The summed E-state index contributed by atoms with van der Waals surface area (Å²) in [5, 5.41) is 10.4. The van der Waals surface area contributed by atoms with Crippen molar-refractivity contribution in [1.82, 2.24) is 4.98 Å². The summed E-state index contributed by atoms with van der Waals surface area (Å²) in [6, 6.07) is 19.3. The SMILES string of the molecule is Cc1cccc(S(=O)(=O)Nc2ccc3nc(N4CCN(c5cccc(C)c5C)CC4)cc(C(=O)O)c3c2)c1. The van der Waals surface area contributed by atoms with Crippen LogP contribution in [-0.2, 0) is 10.0 Å². The van der Waals surface area contributed by atoms with Gasteiger partial charge in [-0.3, -0.25) is 4.72 Å². The Morgan fingerprint density at radius 1 is 0.895 bits per heavy atom. The van der Waals surface area contributed by atoms with Crippen molar-refractivity contribution >= 4 is 44.1 Å². The Kier molecular flexibility index (Phi) is 6.71. The maximum atomic E-state index is 12.9. The molecule has 9 heteroatoms. The normalized spacial score (nSPS) is 14.1. The fraction of sp³-hybridized carbons (Fsp3) is 0.241. The average molecular weight is 531 g/mol. The van der Waals surface area contributed by atoms with Crippen LogP contribution in [0.4, 0.5) is 17.2 Å². The Hall–Kier alpha value is -4.11.